The van der Waals surface area contributed by atoms with E-state index in [1.165, 1.54) is 7.11 Å². The zero-order valence-electron chi connectivity index (χ0n) is 11.4. The van der Waals surface area contributed by atoms with Crippen LogP contribution in [0.3, 0.4) is 0 Å². The van der Waals surface area contributed by atoms with E-state index in [4.69, 9.17) is 30.9 Å². The maximum atomic E-state index is 9.00. The number of hydrogen-bond acceptors (Lipinski definition) is 7. The summed E-state index contributed by atoms with van der Waals surface area (Å²) in [6.45, 7) is 1.18. The predicted octanol–water partition coefficient (Wildman–Crippen LogP) is 0.265. The Kier molecular flexibility index (Phi) is 4.20. The van der Waals surface area contributed by atoms with E-state index in [1.54, 1.807) is 10.9 Å². The van der Waals surface area contributed by atoms with Gasteiger partial charge in [0.1, 0.15) is 23.2 Å². The molecule has 0 bridgehead atoms. The minimum Gasteiger partial charge on any atom is -0.479 e. The molecule has 1 fully saturated rings. The van der Waals surface area contributed by atoms with Crippen molar-refractivity contribution in [1.29, 1.82) is 0 Å². The molecule has 0 amide bonds. The highest BCUT2D eigenvalue weighted by molar-refractivity contribution is 6.28. The lowest BCUT2D eigenvalue weighted by atomic mass is 10.3. The topological polar surface area (TPSA) is 91.5 Å². The van der Waals surface area contributed by atoms with Crippen LogP contribution in [0.15, 0.2) is 6.20 Å². The molecule has 114 valence electrons. The number of aromatic nitrogens is 4. The standard InChI is InChI=1S/C12H15ClN4O4/c1-19-11-10-9(15-12(13)16-11)2-14-17(10)3-7-5-21-8(4-18)6-20-7/h2,7-8,18H,3-6H2,1H3/t7-,8+/m1/s1. The van der Waals surface area contributed by atoms with Crippen LogP contribution in [0.1, 0.15) is 0 Å². The van der Waals surface area contributed by atoms with E-state index in [9.17, 15) is 0 Å². The molecule has 1 aliphatic heterocycles. The number of aliphatic hydroxyl groups is 1. The molecule has 1 N–H and O–H groups in total. The molecule has 3 rings (SSSR count). The van der Waals surface area contributed by atoms with Gasteiger partial charge >= 0.3 is 0 Å². The molecule has 9 heteroatoms. The summed E-state index contributed by atoms with van der Waals surface area (Å²) in [5, 5.41) is 13.4. The van der Waals surface area contributed by atoms with Crippen LogP contribution in [0.2, 0.25) is 5.28 Å². The maximum absolute atomic E-state index is 9.00. The highest BCUT2D eigenvalue weighted by atomic mass is 35.5. The molecule has 21 heavy (non-hydrogen) atoms. The second kappa shape index (κ2) is 6.10. The van der Waals surface area contributed by atoms with Crippen LogP contribution >= 0.6 is 11.6 Å². The van der Waals surface area contributed by atoms with Crippen molar-refractivity contribution >= 4 is 22.6 Å². The largest absolute Gasteiger partial charge is 0.479 e. The lowest BCUT2D eigenvalue weighted by molar-refractivity contribution is -0.148. The van der Waals surface area contributed by atoms with Crippen LogP contribution in [-0.4, -0.2) is 64.0 Å². The molecule has 1 aliphatic rings. The van der Waals surface area contributed by atoms with Gasteiger partial charge in [0, 0.05) is 0 Å². The molecular formula is C12H15ClN4O4. The summed E-state index contributed by atoms with van der Waals surface area (Å²) in [7, 11) is 1.52. The van der Waals surface area contributed by atoms with E-state index in [1.807, 2.05) is 0 Å². The summed E-state index contributed by atoms with van der Waals surface area (Å²) < 4.78 is 18.1. The van der Waals surface area contributed by atoms with Crippen LogP contribution in [0.4, 0.5) is 0 Å². The van der Waals surface area contributed by atoms with Gasteiger partial charge in [0.25, 0.3) is 0 Å². The summed E-state index contributed by atoms with van der Waals surface area (Å²) >= 11 is 5.83. The molecule has 0 unspecified atom stereocenters. The van der Waals surface area contributed by atoms with Gasteiger partial charge in [-0.15, -0.1) is 0 Å². The van der Waals surface area contributed by atoms with Crippen molar-refractivity contribution in [3.63, 3.8) is 0 Å². The lowest BCUT2D eigenvalue weighted by Crippen LogP contribution is -2.39. The highest BCUT2D eigenvalue weighted by Crippen LogP contribution is 2.24. The number of halogens is 1. The predicted molar refractivity (Wildman–Crippen MR) is 73.5 cm³/mol. The quantitative estimate of drug-likeness (QED) is 0.810. The monoisotopic (exact) mass is 314 g/mol. The van der Waals surface area contributed by atoms with Crippen molar-refractivity contribution in [1.82, 2.24) is 19.7 Å². The maximum Gasteiger partial charge on any atom is 0.244 e. The molecule has 0 aromatic carbocycles. The molecule has 2 aromatic rings. The van der Waals surface area contributed by atoms with Gasteiger partial charge in [0.05, 0.1) is 39.7 Å². The first-order valence-corrected chi connectivity index (χ1v) is 6.86. The first-order valence-electron chi connectivity index (χ1n) is 6.48. The van der Waals surface area contributed by atoms with Crippen LogP contribution < -0.4 is 4.74 Å². The number of aliphatic hydroxyl groups excluding tert-OH is 1. The third-order valence-corrected chi connectivity index (χ3v) is 3.41. The molecule has 2 atom stereocenters. The minimum absolute atomic E-state index is 0.0441. The first-order chi connectivity index (χ1) is 10.2. The summed E-state index contributed by atoms with van der Waals surface area (Å²) in [6, 6.07) is 0. The Morgan fingerprint density at radius 3 is 2.81 bits per heavy atom. The molecule has 1 saturated heterocycles. The Bertz CT molecular complexity index is 627. The van der Waals surface area contributed by atoms with Gasteiger partial charge in [0.15, 0.2) is 0 Å². The van der Waals surface area contributed by atoms with E-state index in [0.29, 0.717) is 36.7 Å². The first kappa shape index (κ1) is 14.5. The van der Waals surface area contributed by atoms with Crippen molar-refractivity contribution in [2.45, 2.75) is 18.8 Å². The second-order valence-corrected chi connectivity index (χ2v) is 4.99. The smallest absolute Gasteiger partial charge is 0.244 e. The fraction of sp³-hybridized carbons (Fsp3) is 0.583. The molecule has 8 nitrogen and oxygen atoms in total. The van der Waals surface area contributed by atoms with Crippen LogP contribution in [-0.2, 0) is 16.0 Å². The Morgan fingerprint density at radius 2 is 2.14 bits per heavy atom. The summed E-state index contributed by atoms with van der Waals surface area (Å²) in [5.41, 5.74) is 1.27. The van der Waals surface area contributed by atoms with E-state index in [0.717, 1.165) is 0 Å². The highest BCUT2D eigenvalue weighted by Gasteiger charge is 2.24. The molecular weight excluding hydrogens is 300 g/mol. The van der Waals surface area contributed by atoms with Crippen molar-refractivity contribution in [3.05, 3.63) is 11.5 Å². The van der Waals surface area contributed by atoms with Crippen molar-refractivity contribution in [2.24, 2.45) is 0 Å². The fourth-order valence-electron chi connectivity index (χ4n) is 2.21. The van der Waals surface area contributed by atoms with Crippen molar-refractivity contribution in [3.8, 4) is 5.88 Å². The molecule has 0 spiro atoms. The van der Waals surface area contributed by atoms with Gasteiger partial charge < -0.3 is 19.3 Å². The summed E-state index contributed by atoms with van der Waals surface area (Å²) in [5.74, 6) is 0.368. The van der Waals surface area contributed by atoms with Crippen LogP contribution in [0.25, 0.3) is 11.0 Å². The molecule has 3 heterocycles. The lowest BCUT2D eigenvalue weighted by Gasteiger charge is -2.28. The van der Waals surface area contributed by atoms with Crippen molar-refractivity contribution in [2.75, 3.05) is 26.9 Å². The Balaban J connectivity index is 1.81. The Hall–Kier alpha value is -1.48. The number of fused-ring (bicyclic) bond motifs is 1. The molecule has 0 saturated carbocycles. The Morgan fingerprint density at radius 1 is 1.38 bits per heavy atom. The number of hydrogen-bond donors (Lipinski definition) is 1. The van der Waals surface area contributed by atoms with E-state index in [-0.39, 0.29) is 24.1 Å². The SMILES string of the molecule is COc1nc(Cl)nc2cnn(C[C@@H]3CO[C@@H](CO)CO3)c12. The summed E-state index contributed by atoms with van der Waals surface area (Å²) in [4.78, 5) is 8.15. The van der Waals surface area contributed by atoms with E-state index in [2.05, 4.69) is 15.1 Å². The molecule has 0 radical (unpaired) electrons. The van der Waals surface area contributed by atoms with Gasteiger partial charge in [-0.25, -0.2) is 4.98 Å². The number of nitrogens with zero attached hydrogens (tertiary/aromatic N) is 4. The van der Waals surface area contributed by atoms with Gasteiger partial charge in [0.2, 0.25) is 11.2 Å². The molecule has 0 aliphatic carbocycles. The third-order valence-electron chi connectivity index (χ3n) is 3.24. The Labute approximate surface area is 125 Å². The van der Waals surface area contributed by atoms with Gasteiger partial charge in [-0.2, -0.15) is 10.1 Å². The fourth-order valence-corrected chi connectivity index (χ4v) is 2.37. The van der Waals surface area contributed by atoms with Crippen LogP contribution in [0.5, 0.6) is 5.88 Å². The van der Waals surface area contributed by atoms with Crippen molar-refractivity contribution < 1.29 is 19.3 Å². The van der Waals surface area contributed by atoms with Gasteiger partial charge in [-0.3, -0.25) is 4.68 Å². The average molecular weight is 315 g/mol. The normalized spacial score (nSPS) is 22.6. The van der Waals surface area contributed by atoms with E-state index >= 15 is 0 Å². The average Bonchev–Trinajstić information content (AvgIpc) is 2.90. The van der Waals surface area contributed by atoms with Gasteiger partial charge in [-0.1, -0.05) is 0 Å². The minimum atomic E-state index is -0.257. The number of rotatable bonds is 4. The third kappa shape index (κ3) is 2.93. The van der Waals surface area contributed by atoms with E-state index < -0.39 is 0 Å². The summed E-state index contributed by atoms with van der Waals surface area (Å²) in [6.07, 6.45) is 1.19. The number of methoxy groups -OCH3 is 1. The molecule has 2 aromatic heterocycles. The van der Waals surface area contributed by atoms with Crippen LogP contribution in [0, 0.1) is 0 Å². The van der Waals surface area contributed by atoms with Gasteiger partial charge in [-0.05, 0) is 11.6 Å². The second-order valence-electron chi connectivity index (χ2n) is 4.66. The number of ether oxygens (including phenoxy) is 3. The zero-order valence-corrected chi connectivity index (χ0v) is 12.2. The zero-order chi connectivity index (χ0) is 14.8.